The Kier molecular flexibility index (Phi) is 15.7. The smallest absolute Gasteiger partial charge is 0.303 e. The number of hydrogen-bond donors (Lipinski definition) is 0. The van der Waals surface area contributed by atoms with Gasteiger partial charge in [0.15, 0.2) is 36.8 Å². The lowest BCUT2D eigenvalue weighted by Crippen LogP contribution is -2.66. The van der Waals surface area contributed by atoms with Crippen molar-refractivity contribution < 1.29 is 80.9 Å². The molecule has 10 atom stereocenters. The van der Waals surface area contributed by atoms with Crippen LogP contribution in [0.2, 0.25) is 0 Å². The molecule has 20 heteroatoms. The molecule has 0 aliphatic carbocycles. The van der Waals surface area contributed by atoms with E-state index in [1.54, 1.807) is 0 Å². The fourth-order valence-electron chi connectivity index (χ4n) is 5.49. The number of ether oxygens (including phenoxy) is 10. The van der Waals surface area contributed by atoms with Crippen molar-refractivity contribution in [1.29, 1.82) is 10.5 Å². The highest BCUT2D eigenvalue weighted by Gasteiger charge is 2.57. The van der Waals surface area contributed by atoms with Gasteiger partial charge in [-0.3, -0.25) is 33.6 Å². The molecule has 19 nitrogen and oxygen atoms in total. The van der Waals surface area contributed by atoms with Crippen LogP contribution in [0.1, 0.15) is 59.6 Å². The van der Waals surface area contributed by atoms with Gasteiger partial charge in [-0.25, -0.2) is 0 Å². The normalized spacial score (nSPS) is 27.4. The first kappa shape index (κ1) is 43.1. The Balaban J connectivity index is 2.19. The number of thioether (sulfide) groups is 1. The molecule has 0 amide bonds. The SMILES string of the molecule is CC(=O)OCC1O[C@@H](Sc2ccc(C#N)c(C#N)c2)C(OC(C)=O)C(OC(C)=O)[C@@H]1O[C@@H]1OC(COC(C)=O)[C@H](OC(C)=O)C(OC(C)=O)C1OC(C)=O. The second-order valence-electron chi connectivity index (χ2n) is 11.7. The summed E-state index contributed by atoms with van der Waals surface area (Å²) in [7, 11) is 0. The summed E-state index contributed by atoms with van der Waals surface area (Å²) in [5.41, 5.74) is -1.14. The van der Waals surface area contributed by atoms with Crippen LogP contribution < -0.4 is 0 Å². The van der Waals surface area contributed by atoms with Crippen LogP contribution in [0.4, 0.5) is 0 Å². The molecule has 2 aliphatic rings. The van der Waals surface area contributed by atoms with Crippen LogP contribution in [0, 0.1) is 22.7 Å². The molecule has 0 spiro atoms. The topological polar surface area (TPSA) is 259 Å². The molecule has 2 heterocycles. The van der Waals surface area contributed by atoms with E-state index in [0.717, 1.165) is 60.2 Å². The Bertz CT molecular complexity index is 1690. The maximum absolute atomic E-state index is 12.6. The number of nitrogens with zero attached hydrogens (tertiary/aromatic N) is 2. The lowest BCUT2D eigenvalue weighted by molar-refractivity contribution is -0.341. The fraction of sp³-hybridized carbons (Fsp3) is 0.559. The summed E-state index contributed by atoms with van der Waals surface area (Å²) < 4.78 is 56.7. The number of benzene rings is 1. The minimum Gasteiger partial charge on any atom is -0.463 e. The van der Waals surface area contributed by atoms with Crippen LogP contribution in [-0.2, 0) is 80.9 Å². The van der Waals surface area contributed by atoms with Gasteiger partial charge in [0, 0.05) is 53.4 Å². The van der Waals surface area contributed by atoms with E-state index in [0.29, 0.717) is 4.90 Å². The molecule has 0 saturated carbocycles. The molecule has 3 rings (SSSR count). The zero-order valence-electron chi connectivity index (χ0n) is 30.2. The predicted octanol–water partition coefficient (Wildman–Crippen LogP) is 1.14. The van der Waals surface area contributed by atoms with Gasteiger partial charge in [0.1, 0.15) is 49.1 Å². The van der Waals surface area contributed by atoms with E-state index in [2.05, 4.69) is 0 Å². The predicted molar refractivity (Wildman–Crippen MR) is 175 cm³/mol. The van der Waals surface area contributed by atoms with Crippen molar-refractivity contribution in [3.63, 3.8) is 0 Å². The van der Waals surface area contributed by atoms with Crippen LogP contribution in [0.5, 0.6) is 0 Å². The third-order valence-electron chi connectivity index (χ3n) is 7.37. The Labute approximate surface area is 313 Å². The van der Waals surface area contributed by atoms with Gasteiger partial charge in [0.2, 0.25) is 0 Å². The van der Waals surface area contributed by atoms with Crippen molar-refractivity contribution in [1.82, 2.24) is 0 Å². The fourth-order valence-corrected chi connectivity index (χ4v) is 6.63. The maximum atomic E-state index is 12.6. The second kappa shape index (κ2) is 19.7. The van der Waals surface area contributed by atoms with Gasteiger partial charge in [-0.2, -0.15) is 10.5 Å². The van der Waals surface area contributed by atoms with Gasteiger partial charge in [0.05, 0.1) is 11.1 Å². The van der Waals surface area contributed by atoms with Gasteiger partial charge in [-0.1, -0.05) is 11.8 Å². The highest BCUT2D eigenvalue weighted by molar-refractivity contribution is 7.99. The summed E-state index contributed by atoms with van der Waals surface area (Å²) in [5.74, 6) is -5.99. The van der Waals surface area contributed by atoms with Crippen LogP contribution in [0.25, 0.3) is 0 Å². The lowest BCUT2D eigenvalue weighted by atomic mass is 9.96. The summed E-state index contributed by atoms with van der Waals surface area (Å²) in [6, 6.07) is 8.10. The second-order valence-corrected chi connectivity index (χ2v) is 12.9. The van der Waals surface area contributed by atoms with Gasteiger partial charge < -0.3 is 47.4 Å². The number of carbonyl (C=O) groups is 7. The highest BCUT2D eigenvalue weighted by Crippen LogP contribution is 2.40. The van der Waals surface area contributed by atoms with Gasteiger partial charge >= 0.3 is 41.8 Å². The summed E-state index contributed by atoms with van der Waals surface area (Å²) in [5, 5.41) is 18.9. The zero-order chi connectivity index (χ0) is 40.3. The van der Waals surface area contributed by atoms with Crippen molar-refractivity contribution in [2.45, 2.75) is 114 Å². The molecule has 2 fully saturated rings. The van der Waals surface area contributed by atoms with Crippen LogP contribution in [0.15, 0.2) is 23.1 Å². The first-order valence-electron chi connectivity index (χ1n) is 16.1. The third-order valence-corrected chi connectivity index (χ3v) is 8.51. The average molecular weight is 779 g/mol. The Morgan fingerprint density at radius 3 is 1.50 bits per heavy atom. The molecule has 0 radical (unpaired) electrons. The summed E-state index contributed by atoms with van der Waals surface area (Å²) in [6.07, 6.45) is -14.2. The zero-order valence-corrected chi connectivity index (χ0v) is 31.0. The van der Waals surface area contributed by atoms with Gasteiger partial charge in [-0.05, 0) is 18.2 Å². The first-order valence-corrected chi connectivity index (χ1v) is 17.0. The van der Waals surface area contributed by atoms with Crippen LogP contribution >= 0.6 is 11.8 Å². The van der Waals surface area contributed by atoms with Crippen molar-refractivity contribution in [2.75, 3.05) is 13.2 Å². The van der Waals surface area contributed by atoms with E-state index in [-0.39, 0.29) is 11.1 Å². The number of carbonyl (C=O) groups excluding carboxylic acids is 7. The number of hydrogen-bond acceptors (Lipinski definition) is 20. The molecular weight excluding hydrogens is 740 g/mol. The first-order chi connectivity index (χ1) is 25.4. The highest BCUT2D eigenvalue weighted by atomic mass is 32.2. The molecule has 1 aromatic carbocycles. The third kappa shape index (κ3) is 12.1. The standard InChI is InChI=1S/C34H38N2O17S/c1-15(37)44-13-25-27(46-17(3)39)29(47-18(4)40)31(49-20(6)42)33(51-25)53-28-26(14-45-16(2)38)52-34(32(50-21(7)43)30(28)48-19(5)41)54-24-9-8-22(11-35)23(10-24)12-36/h8-10,25-34H,13-14H2,1-7H3/t25?,26?,27-,28+,29?,30?,31?,32?,33-,34-/m0/s1. The summed E-state index contributed by atoms with van der Waals surface area (Å²) >= 11 is 0.910. The maximum Gasteiger partial charge on any atom is 0.303 e. The molecule has 0 aromatic heterocycles. The average Bonchev–Trinajstić information content (AvgIpc) is 3.06. The Hall–Kier alpha value is -5.28. The number of nitriles is 2. The molecule has 1 aromatic rings. The lowest BCUT2D eigenvalue weighted by Gasteiger charge is -2.48. The van der Waals surface area contributed by atoms with Crippen molar-refractivity contribution >= 4 is 53.5 Å². The molecule has 292 valence electrons. The van der Waals surface area contributed by atoms with Gasteiger partial charge in [-0.15, -0.1) is 0 Å². The Morgan fingerprint density at radius 2 is 1.02 bits per heavy atom. The molecule has 2 saturated heterocycles. The van der Waals surface area contributed by atoms with E-state index < -0.39 is 116 Å². The molecule has 6 unspecified atom stereocenters. The monoisotopic (exact) mass is 778 g/mol. The minimum atomic E-state index is -1.82. The number of esters is 7. The van der Waals surface area contributed by atoms with Crippen LogP contribution in [0.3, 0.4) is 0 Å². The van der Waals surface area contributed by atoms with Crippen molar-refractivity contribution in [2.24, 2.45) is 0 Å². The van der Waals surface area contributed by atoms with E-state index in [1.165, 1.54) is 18.2 Å². The molecule has 0 bridgehead atoms. The van der Waals surface area contributed by atoms with E-state index in [9.17, 15) is 44.1 Å². The number of rotatable bonds is 13. The summed E-state index contributed by atoms with van der Waals surface area (Å²) in [4.78, 5) is 86.3. The molecular formula is C34H38N2O17S. The quantitative estimate of drug-likeness (QED) is 0.201. The summed E-state index contributed by atoms with van der Waals surface area (Å²) in [6.45, 7) is 6.25. The van der Waals surface area contributed by atoms with Gasteiger partial charge in [0.25, 0.3) is 0 Å². The molecule has 2 aliphatic heterocycles. The largest absolute Gasteiger partial charge is 0.463 e. The van der Waals surface area contributed by atoms with E-state index >= 15 is 0 Å². The van der Waals surface area contributed by atoms with E-state index in [4.69, 9.17) is 47.4 Å². The van der Waals surface area contributed by atoms with Crippen LogP contribution in [-0.4, -0.2) is 116 Å². The molecule has 54 heavy (non-hydrogen) atoms. The van der Waals surface area contributed by atoms with Crippen molar-refractivity contribution in [3.05, 3.63) is 29.3 Å². The van der Waals surface area contributed by atoms with E-state index in [1.807, 2.05) is 12.1 Å². The Morgan fingerprint density at radius 1 is 0.574 bits per heavy atom. The molecule has 0 N–H and O–H groups in total. The minimum absolute atomic E-state index is 0.0280. The van der Waals surface area contributed by atoms with Crippen molar-refractivity contribution in [3.8, 4) is 12.1 Å².